The van der Waals surface area contributed by atoms with Crippen molar-refractivity contribution in [3.63, 3.8) is 0 Å². The minimum atomic E-state index is -3.54. The number of nitrogens with two attached hydrogens (primary N) is 1. The summed E-state index contributed by atoms with van der Waals surface area (Å²) in [6, 6.07) is 1.30. The molecule has 4 N–H and O–H groups in total. The molecule has 2 aromatic rings. The van der Waals surface area contributed by atoms with E-state index in [0.29, 0.717) is 43.3 Å². The smallest absolute Gasteiger partial charge is 0.354 e. The Balaban J connectivity index is 1.52. The molecule has 30 heavy (non-hydrogen) atoms. The van der Waals surface area contributed by atoms with Crippen molar-refractivity contribution in [1.82, 2.24) is 9.78 Å². The Morgan fingerprint density at radius 1 is 1.37 bits per heavy atom. The predicted molar refractivity (Wildman–Crippen MR) is 111 cm³/mol. The number of carbonyl (C=O) groups is 1. The number of amides is 2. The summed E-state index contributed by atoms with van der Waals surface area (Å²) in [5.41, 5.74) is 5.18. The van der Waals surface area contributed by atoms with Crippen molar-refractivity contribution in [2.45, 2.75) is 63.0 Å². The van der Waals surface area contributed by atoms with Gasteiger partial charge in [-0.15, -0.1) is 4.36 Å². The van der Waals surface area contributed by atoms with Crippen LogP contribution in [0.25, 0.3) is 0 Å². The Bertz CT molecular complexity index is 1180. The minimum absolute atomic E-state index is 0.177. The average Bonchev–Trinajstić information content (AvgIpc) is 3.38. The molecule has 160 valence electrons. The van der Waals surface area contributed by atoms with Gasteiger partial charge in [0.15, 0.2) is 9.92 Å². The number of benzene rings is 1. The highest BCUT2D eigenvalue weighted by molar-refractivity contribution is 7.91. The highest BCUT2D eigenvalue weighted by Gasteiger charge is 2.30. The third-order valence-corrected chi connectivity index (χ3v) is 7.59. The topological polar surface area (TPSA) is 132 Å². The molecule has 0 saturated heterocycles. The number of anilines is 1. The summed E-state index contributed by atoms with van der Waals surface area (Å²) in [6.45, 7) is 2.80. The number of hydrogen-bond donors (Lipinski definition) is 3. The molecule has 2 aliphatic carbocycles. The van der Waals surface area contributed by atoms with Crippen LogP contribution in [0.1, 0.15) is 53.3 Å². The number of fused-ring (bicyclic) bond motifs is 3. The molecule has 1 aliphatic heterocycles. The molecule has 0 spiro atoms. The molecule has 5 rings (SSSR count). The van der Waals surface area contributed by atoms with Crippen molar-refractivity contribution in [2.75, 3.05) is 11.9 Å². The fraction of sp³-hybridized carbons (Fsp3) is 0.500. The van der Waals surface area contributed by atoms with Gasteiger partial charge < -0.3 is 15.2 Å². The number of carbonyl (C=O) groups excluding carboxylic acids is 1. The van der Waals surface area contributed by atoms with Gasteiger partial charge in [0.1, 0.15) is 4.90 Å². The van der Waals surface area contributed by atoms with Crippen LogP contribution in [0.4, 0.5) is 10.5 Å². The maximum Gasteiger partial charge on any atom is 0.354 e. The van der Waals surface area contributed by atoms with Gasteiger partial charge in [-0.3, -0.25) is 0 Å². The first kappa shape index (κ1) is 19.5. The van der Waals surface area contributed by atoms with Crippen molar-refractivity contribution in [3.05, 3.63) is 34.0 Å². The van der Waals surface area contributed by atoms with E-state index in [0.717, 1.165) is 47.9 Å². The number of hydrogen-bond acceptors (Lipinski definition) is 5. The molecule has 2 atom stereocenters. The van der Waals surface area contributed by atoms with Gasteiger partial charge >= 0.3 is 6.03 Å². The quantitative estimate of drug-likeness (QED) is 0.672. The van der Waals surface area contributed by atoms with Crippen LogP contribution < -0.4 is 15.2 Å². The second-order valence-electron chi connectivity index (χ2n) is 8.10. The number of urea groups is 1. The molecule has 10 heteroatoms. The zero-order chi connectivity index (χ0) is 21.0. The highest BCUT2D eigenvalue weighted by Crippen LogP contribution is 2.42. The van der Waals surface area contributed by atoms with Gasteiger partial charge in [-0.2, -0.15) is 5.10 Å². The Kier molecular flexibility index (Phi) is 4.60. The van der Waals surface area contributed by atoms with Crippen molar-refractivity contribution in [3.8, 4) is 5.88 Å². The van der Waals surface area contributed by atoms with Gasteiger partial charge in [-0.1, -0.05) is 6.07 Å². The lowest BCUT2D eigenvalue weighted by atomic mass is 9.98. The summed E-state index contributed by atoms with van der Waals surface area (Å²) in [7, 11) is -3.54. The lowest BCUT2D eigenvalue weighted by molar-refractivity contribution is 0.180. The van der Waals surface area contributed by atoms with E-state index in [1.807, 2.05) is 0 Å². The van der Waals surface area contributed by atoms with Crippen LogP contribution in [0.2, 0.25) is 0 Å². The van der Waals surface area contributed by atoms with E-state index in [9.17, 15) is 14.1 Å². The zero-order valence-corrected chi connectivity index (χ0v) is 17.6. The molecular weight excluding hydrogens is 406 g/mol. The Morgan fingerprint density at radius 3 is 3.03 bits per heavy atom. The van der Waals surface area contributed by atoms with Gasteiger partial charge in [-0.05, 0) is 61.3 Å². The maximum absolute atomic E-state index is 13.2. The molecule has 2 amide bonds. The molecule has 3 aliphatic rings. The number of aliphatic hydroxyl groups excluding tert-OH is 1. The number of ether oxygens (including phenoxy) is 1. The Hall–Kier alpha value is -2.43. The average molecular weight is 432 g/mol. The number of aromatic nitrogens is 2. The van der Waals surface area contributed by atoms with Crippen LogP contribution in [0.3, 0.4) is 0 Å². The van der Waals surface area contributed by atoms with Crippen LogP contribution >= 0.6 is 0 Å². The monoisotopic (exact) mass is 431 g/mol. The summed E-state index contributed by atoms with van der Waals surface area (Å²) in [5, 5.41) is 23.5. The number of nitrogens with zero attached hydrogens (tertiary/aromatic N) is 3. The zero-order valence-electron chi connectivity index (χ0n) is 16.8. The summed E-state index contributed by atoms with van der Waals surface area (Å²) < 4.78 is 24.3. The van der Waals surface area contributed by atoms with E-state index >= 15 is 0 Å². The number of aliphatic hydroxyl groups is 1. The summed E-state index contributed by atoms with van der Waals surface area (Å²) in [4.78, 5) is 13.0. The molecule has 0 bridgehead atoms. The van der Waals surface area contributed by atoms with Crippen molar-refractivity contribution >= 4 is 21.6 Å². The van der Waals surface area contributed by atoms with Crippen LogP contribution in [-0.4, -0.2) is 31.7 Å². The molecule has 1 aromatic heterocycles. The third kappa shape index (κ3) is 3.10. The lowest BCUT2D eigenvalue weighted by Gasteiger charge is -2.17. The maximum atomic E-state index is 13.2. The van der Waals surface area contributed by atoms with E-state index in [4.69, 9.17) is 9.88 Å². The van der Waals surface area contributed by atoms with Crippen LogP contribution in [-0.2, 0) is 35.7 Å². The largest absolute Gasteiger partial charge is 0.477 e. The van der Waals surface area contributed by atoms with E-state index in [2.05, 4.69) is 20.8 Å². The van der Waals surface area contributed by atoms with Crippen molar-refractivity contribution in [2.24, 2.45) is 9.50 Å². The number of rotatable bonds is 2. The van der Waals surface area contributed by atoms with Crippen molar-refractivity contribution in [1.29, 1.82) is 0 Å². The van der Waals surface area contributed by atoms with Crippen LogP contribution in [0, 0.1) is 6.92 Å². The lowest BCUT2D eigenvalue weighted by Crippen LogP contribution is -2.21. The van der Waals surface area contributed by atoms with Crippen LogP contribution in [0.15, 0.2) is 15.3 Å². The highest BCUT2D eigenvalue weighted by atomic mass is 32.2. The Labute approximate surface area is 174 Å². The predicted octanol–water partition coefficient (Wildman–Crippen LogP) is 2.38. The van der Waals surface area contributed by atoms with E-state index < -0.39 is 22.1 Å². The number of aryl methyl sites for hydroxylation is 3. The van der Waals surface area contributed by atoms with E-state index in [1.165, 1.54) is 0 Å². The van der Waals surface area contributed by atoms with Gasteiger partial charge in [0.25, 0.3) is 0 Å². The molecular formula is C20H25N5O4S. The third-order valence-electron chi connectivity index (χ3n) is 6.09. The molecule has 1 aromatic carbocycles. The minimum Gasteiger partial charge on any atom is -0.477 e. The van der Waals surface area contributed by atoms with Gasteiger partial charge in [-0.25, -0.2) is 18.8 Å². The summed E-state index contributed by atoms with van der Waals surface area (Å²) >= 11 is 0. The standard InChI is InChI=1S/C20H25N5O4S/c1-11-18(19-25(23-11)8-3-9-29-19)30(21,28)24-20(27)22-17-13-5-2-4-12(13)10-15-14(17)6-7-16(15)26/h10,16,26H,2-9H2,1H3,(H3,21,22,24,27,28). The van der Waals surface area contributed by atoms with Crippen molar-refractivity contribution < 1.29 is 18.8 Å². The van der Waals surface area contributed by atoms with Crippen LogP contribution in [0.5, 0.6) is 5.88 Å². The fourth-order valence-corrected chi connectivity index (χ4v) is 6.08. The van der Waals surface area contributed by atoms with Gasteiger partial charge in [0.2, 0.25) is 5.88 Å². The summed E-state index contributed by atoms with van der Waals surface area (Å²) in [5.74, 6) is 0.326. The first-order valence-electron chi connectivity index (χ1n) is 10.3. The molecule has 2 heterocycles. The molecule has 2 unspecified atom stereocenters. The first-order chi connectivity index (χ1) is 14.3. The normalized spacial score (nSPS) is 21.2. The summed E-state index contributed by atoms with van der Waals surface area (Å²) in [6.07, 6.45) is 4.37. The SMILES string of the molecule is Cc1nn2c(c1S(N)(=O)=NC(=O)Nc1c3c(cc4c1CCC4O)CCC3)OCCC2. The fourth-order valence-electron chi connectivity index (χ4n) is 4.82. The van der Waals surface area contributed by atoms with E-state index in [-0.39, 0.29) is 4.90 Å². The molecule has 0 radical (unpaired) electrons. The second-order valence-corrected chi connectivity index (χ2v) is 9.83. The van der Waals surface area contributed by atoms with E-state index in [1.54, 1.807) is 11.6 Å². The van der Waals surface area contributed by atoms with Gasteiger partial charge in [0, 0.05) is 18.7 Å². The van der Waals surface area contributed by atoms with Gasteiger partial charge in [0.05, 0.1) is 18.4 Å². The first-order valence-corrected chi connectivity index (χ1v) is 11.8. The molecule has 0 fully saturated rings. The molecule has 0 saturated carbocycles. The number of nitrogens with one attached hydrogen (secondary N) is 1. The molecule has 9 nitrogen and oxygen atoms in total. The second kappa shape index (κ2) is 7.07. The Morgan fingerprint density at radius 2 is 2.20 bits per heavy atom.